The fraction of sp³-hybridized carbons (Fsp3) is 0.231. The minimum absolute atomic E-state index is 0.0556. The molecule has 0 saturated carbocycles. The molecule has 1 aliphatic rings. The predicted octanol–water partition coefficient (Wildman–Crippen LogP) is 5.63. The summed E-state index contributed by atoms with van der Waals surface area (Å²) in [4.78, 5) is 21.5. The maximum Gasteiger partial charge on any atom is 0.416 e. The van der Waals surface area contributed by atoms with E-state index in [1.54, 1.807) is 4.90 Å². The van der Waals surface area contributed by atoms with Crippen LogP contribution in [-0.2, 0) is 12.7 Å². The standard InChI is InChI=1S/C26H22ClF3N4O/c27-21-9-7-18(8-10-21)24-22(34-11-2-1-6-23(34)31-24)17-32-12-14-33(15-13-32)25(35)19-4-3-5-20(16-19)26(28,29)30/h1-11,16H,12-15,17H2. The van der Waals surface area contributed by atoms with Crippen molar-refractivity contribution in [3.8, 4) is 11.3 Å². The number of benzene rings is 2. The van der Waals surface area contributed by atoms with Crippen LogP contribution in [0.15, 0.2) is 72.9 Å². The van der Waals surface area contributed by atoms with E-state index in [0.717, 1.165) is 34.7 Å². The lowest BCUT2D eigenvalue weighted by Crippen LogP contribution is -2.48. The minimum atomic E-state index is -4.48. The summed E-state index contributed by atoms with van der Waals surface area (Å²) in [6.07, 6.45) is -2.50. The molecule has 9 heteroatoms. The Hall–Kier alpha value is -3.36. The van der Waals surface area contributed by atoms with Gasteiger partial charge in [0.1, 0.15) is 5.65 Å². The number of rotatable bonds is 4. The van der Waals surface area contributed by atoms with Crippen LogP contribution in [0.25, 0.3) is 16.9 Å². The number of fused-ring (bicyclic) bond motifs is 1. The number of carbonyl (C=O) groups is 1. The SMILES string of the molecule is O=C(c1cccc(C(F)(F)F)c1)N1CCN(Cc2c(-c3ccc(Cl)cc3)nc3ccccn23)CC1. The van der Waals surface area contributed by atoms with Crippen molar-refractivity contribution in [2.24, 2.45) is 0 Å². The van der Waals surface area contributed by atoms with E-state index in [1.165, 1.54) is 12.1 Å². The van der Waals surface area contributed by atoms with E-state index >= 15 is 0 Å². The van der Waals surface area contributed by atoms with Gasteiger partial charge >= 0.3 is 6.18 Å². The summed E-state index contributed by atoms with van der Waals surface area (Å²) in [6.45, 7) is 2.69. The van der Waals surface area contributed by atoms with Gasteiger partial charge in [0.2, 0.25) is 0 Å². The van der Waals surface area contributed by atoms with Gasteiger partial charge in [-0.3, -0.25) is 9.69 Å². The van der Waals surface area contributed by atoms with Crippen LogP contribution >= 0.6 is 11.6 Å². The zero-order valence-corrected chi connectivity index (χ0v) is 19.4. The van der Waals surface area contributed by atoms with Crippen molar-refractivity contribution in [1.29, 1.82) is 0 Å². The molecule has 2 aromatic carbocycles. The smallest absolute Gasteiger partial charge is 0.336 e. The third-order valence-corrected chi connectivity index (χ3v) is 6.47. The van der Waals surface area contributed by atoms with E-state index in [1.807, 2.05) is 48.7 Å². The number of nitrogens with zero attached hydrogens (tertiary/aromatic N) is 4. The number of carbonyl (C=O) groups excluding carboxylic acids is 1. The second kappa shape index (κ2) is 9.36. The molecule has 3 heterocycles. The molecule has 0 atom stereocenters. The molecule has 5 nitrogen and oxygen atoms in total. The van der Waals surface area contributed by atoms with Crippen LogP contribution in [0.5, 0.6) is 0 Å². The molecule has 0 radical (unpaired) electrons. The van der Waals surface area contributed by atoms with Gasteiger partial charge in [0, 0.05) is 55.1 Å². The van der Waals surface area contributed by atoms with Crippen molar-refractivity contribution in [3.63, 3.8) is 0 Å². The van der Waals surface area contributed by atoms with Gasteiger partial charge in [0.25, 0.3) is 5.91 Å². The number of pyridine rings is 1. The van der Waals surface area contributed by atoms with Crippen molar-refractivity contribution >= 4 is 23.2 Å². The lowest BCUT2D eigenvalue weighted by atomic mass is 10.1. The molecule has 180 valence electrons. The largest absolute Gasteiger partial charge is 0.416 e. The Balaban J connectivity index is 1.32. The Morgan fingerprint density at radius 1 is 0.943 bits per heavy atom. The lowest BCUT2D eigenvalue weighted by molar-refractivity contribution is -0.137. The molecular formula is C26H22ClF3N4O. The van der Waals surface area contributed by atoms with E-state index in [9.17, 15) is 18.0 Å². The molecule has 1 aliphatic heterocycles. The summed E-state index contributed by atoms with van der Waals surface area (Å²) >= 11 is 6.07. The van der Waals surface area contributed by atoms with Crippen molar-refractivity contribution in [2.45, 2.75) is 12.7 Å². The zero-order valence-electron chi connectivity index (χ0n) is 18.7. The maximum absolute atomic E-state index is 13.0. The van der Waals surface area contributed by atoms with Gasteiger partial charge in [-0.05, 0) is 42.5 Å². The fourth-order valence-corrected chi connectivity index (χ4v) is 4.49. The molecule has 0 N–H and O–H groups in total. The average molecular weight is 499 g/mol. The number of amides is 1. The van der Waals surface area contributed by atoms with Gasteiger partial charge in [-0.15, -0.1) is 0 Å². The Morgan fingerprint density at radius 3 is 2.40 bits per heavy atom. The molecule has 0 unspecified atom stereocenters. The molecule has 0 spiro atoms. The average Bonchev–Trinajstić information content (AvgIpc) is 3.22. The highest BCUT2D eigenvalue weighted by atomic mass is 35.5. The molecular weight excluding hydrogens is 477 g/mol. The van der Waals surface area contributed by atoms with Crippen molar-refractivity contribution in [2.75, 3.05) is 26.2 Å². The maximum atomic E-state index is 13.0. The quantitative estimate of drug-likeness (QED) is 0.366. The minimum Gasteiger partial charge on any atom is -0.336 e. The number of hydrogen-bond donors (Lipinski definition) is 0. The van der Waals surface area contributed by atoms with Crippen LogP contribution in [-0.4, -0.2) is 51.3 Å². The topological polar surface area (TPSA) is 40.9 Å². The summed E-state index contributed by atoms with van der Waals surface area (Å²) in [6, 6.07) is 18.0. The number of alkyl halides is 3. The third-order valence-electron chi connectivity index (χ3n) is 6.22. The van der Waals surface area contributed by atoms with Crippen LogP contribution in [0.2, 0.25) is 5.02 Å². The van der Waals surface area contributed by atoms with Crippen LogP contribution in [0.1, 0.15) is 21.6 Å². The molecule has 1 amide bonds. The highest BCUT2D eigenvalue weighted by Gasteiger charge is 2.32. The molecule has 1 saturated heterocycles. The van der Waals surface area contributed by atoms with E-state index in [0.29, 0.717) is 37.7 Å². The van der Waals surface area contributed by atoms with Crippen molar-refractivity contribution in [3.05, 3.63) is 94.8 Å². The lowest BCUT2D eigenvalue weighted by Gasteiger charge is -2.35. The first-order chi connectivity index (χ1) is 16.8. The van der Waals surface area contributed by atoms with E-state index in [4.69, 9.17) is 16.6 Å². The number of halogens is 4. The van der Waals surface area contributed by atoms with Crippen molar-refractivity contribution < 1.29 is 18.0 Å². The van der Waals surface area contributed by atoms with E-state index in [-0.39, 0.29) is 11.5 Å². The van der Waals surface area contributed by atoms with Gasteiger partial charge in [0.05, 0.1) is 17.0 Å². The summed E-state index contributed by atoms with van der Waals surface area (Å²) in [5.41, 5.74) is 2.94. The van der Waals surface area contributed by atoms with E-state index in [2.05, 4.69) is 9.30 Å². The molecule has 0 aliphatic carbocycles. The van der Waals surface area contributed by atoms with Crippen LogP contribution < -0.4 is 0 Å². The summed E-state index contributed by atoms with van der Waals surface area (Å²) in [7, 11) is 0. The molecule has 4 aromatic rings. The first-order valence-electron chi connectivity index (χ1n) is 11.2. The highest BCUT2D eigenvalue weighted by Crippen LogP contribution is 2.30. The van der Waals surface area contributed by atoms with Crippen LogP contribution in [0.4, 0.5) is 13.2 Å². The van der Waals surface area contributed by atoms with Gasteiger partial charge in [-0.1, -0.05) is 35.9 Å². The van der Waals surface area contributed by atoms with Crippen LogP contribution in [0.3, 0.4) is 0 Å². The molecule has 5 rings (SSSR count). The van der Waals surface area contributed by atoms with Gasteiger partial charge in [-0.25, -0.2) is 4.98 Å². The Morgan fingerprint density at radius 2 is 1.69 bits per heavy atom. The van der Waals surface area contributed by atoms with Crippen molar-refractivity contribution in [1.82, 2.24) is 19.2 Å². The molecule has 2 aromatic heterocycles. The number of imidazole rings is 1. The monoisotopic (exact) mass is 498 g/mol. The highest BCUT2D eigenvalue weighted by molar-refractivity contribution is 6.30. The molecule has 35 heavy (non-hydrogen) atoms. The van der Waals surface area contributed by atoms with Crippen LogP contribution in [0, 0.1) is 0 Å². The second-order valence-corrected chi connectivity index (χ2v) is 8.93. The van der Waals surface area contributed by atoms with Gasteiger partial charge in [-0.2, -0.15) is 13.2 Å². The normalized spacial score (nSPS) is 15.0. The Kier molecular flexibility index (Phi) is 6.25. The Bertz CT molecular complexity index is 1360. The third kappa shape index (κ3) is 4.90. The molecule has 1 fully saturated rings. The zero-order chi connectivity index (χ0) is 24.6. The summed E-state index contributed by atoms with van der Waals surface area (Å²) in [5.74, 6) is -0.382. The first-order valence-corrected chi connectivity index (χ1v) is 11.6. The Labute approximate surface area is 205 Å². The summed E-state index contributed by atoms with van der Waals surface area (Å²) in [5, 5.41) is 0.653. The second-order valence-electron chi connectivity index (χ2n) is 8.49. The van der Waals surface area contributed by atoms with Gasteiger partial charge < -0.3 is 9.30 Å². The first kappa shape index (κ1) is 23.4. The number of hydrogen-bond acceptors (Lipinski definition) is 3. The number of aromatic nitrogens is 2. The fourth-order valence-electron chi connectivity index (χ4n) is 4.37. The molecule has 0 bridgehead atoms. The predicted molar refractivity (Wildman–Crippen MR) is 128 cm³/mol. The van der Waals surface area contributed by atoms with Gasteiger partial charge in [0.15, 0.2) is 0 Å². The summed E-state index contributed by atoms with van der Waals surface area (Å²) < 4.78 is 41.2. The van der Waals surface area contributed by atoms with E-state index < -0.39 is 11.7 Å². The number of piperazine rings is 1.